The van der Waals surface area contributed by atoms with Crippen LogP contribution in [0.2, 0.25) is 0 Å². The van der Waals surface area contributed by atoms with Crippen molar-refractivity contribution in [3.63, 3.8) is 0 Å². The Labute approximate surface area is 231 Å². The van der Waals surface area contributed by atoms with E-state index >= 15 is 0 Å². The van der Waals surface area contributed by atoms with E-state index in [0.717, 1.165) is 95.0 Å². The normalized spacial score (nSPS) is 17.1. The molecule has 1 aliphatic rings. The molecule has 2 aromatic carbocycles. The average Bonchev–Trinajstić information content (AvgIpc) is 2.96. The molecule has 2 N–H and O–H groups in total. The van der Waals surface area contributed by atoms with E-state index in [1.807, 2.05) is 6.07 Å². The topological polar surface area (TPSA) is 58.9 Å². The van der Waals surface area contributed by atoms with E-state index in [2.05, 4.69) is 62.4 Å². The fourth-order valence-electron chi connectivity index (χ4n) is 5.34. The third-order valence-corrected chi connectivity index (χ3v) is 7.66. The second-order valence-electron chi connectivity index (χ2n) is 10.8. The summed E-state index contributed by atoms with van der Waals surface area (Å²) in [6.07, 6.45) is 14.6. The first kappa shape index (κ1) is 30.2. The minimum Gasteiger partial charge on any atom is -0.493 e. The predicted octanol–water partition coefficient (Wildman–Crippen LogP) is 8.46. The SMILES string of the molecule is CCCCC(O)CCCOc1ccccc1C1=CCC(c2ccccc2OCCCC(O)CCCC)CC1. The summed E-state index contributed by atoms with van der Waals surface area (Å²) in [6, 6.07) is 16.8. The van der Waals surface area contributed by atoms with Gasteiger partial charge in [0.15, 0.2) is 0 Å². The van der Waals surface area contributed by atoms with Crippen LogP contribution >= 0.6 is 0 Å². The van der Waals surface area contributed by atoms with Crippen LogP contribution in [0.5, 0.6) is 11.5 Å². The van der Waals surface area contributed by atoms with E-state index in [1.54, 1.807) is 0 Å². The highest BCUT2D eigenvalue weighted by molar-refractivity contribution is 5.71. The van der Waals surface area contributed by atoms with Gasteiger partial charge in [0.1, 0.15) is 11.5 Å². The van der Waals surface area contributed by atoms with Crippen molar-refractivity contribution in [1.82, 2.24) is 0 Å². The van der Waals surface area contributed by atoms with Crippen molar-refractivity contribution in [3.8, 4) is 11.5 Å². The van der Waals surface area contributed by atoms with Gasteiger partial charge in [0.05, 0.1) is 25.4 Å². The van der Waals surface area contributed by atoms with Gasteiger partial charge in [0.25, 0.3) is 0 Å². The second-order valence-corrected chi connectivity index (χ2v) is 10.8. The summed E-state index contributed by atoms with van der Waals surface area (Å²) < 4.78 is 12.4. The van der Waals surface area contributed by atoms with E-state index in [0.29, 0.717) is 19.1 Å². The summed E-state index contributed by atoms with van der Waals surface area (Å²) in [5.41, 5.74) is 3.85. The van der Waals surface area contributed by atoms with Crippen LogP contribution < -0.4 is 9.47 Å². The Hall–Kier alpha value is -2.30. The number of hydrogen-bond acceptors (Lipinski definition) is 4. The number of aliphatic hydroxyl groups excluding tert-OH is 2. The minimum atomic E-state index is -0.212. The van der Waals surface area contributed by atoms with Crippen molar-refractivity contribution in [2.75, 3.05) is 13.2 Å². The molecule has 4 heteroatoms. The highest BCUT2D eigenvalue weighted by Crippen LogP contribution is 2.41. The predicted molar refractivity (Wildman–Crippen MR) is 158 cm³/mol. The highest BCUT2D eigenvalue weighted by atomic mass is 16.5. The standard InChI is InChI=1S/C34H50O4/c1-3-5-13-29(35)15-11-25-37-33-19-9-7-17-31(33)27-21-23-28(24-22-27)32-18-8-10-20-34(32)38-26-12-16-30(36)14-6-4-2/h7-10,17-21,28-30,35-36H,3-6,11-16,22-26H2,1-2H3. The fourth-order valence-corrected chi connectivity index (χ4v) is 5.34. The zero-order chi connectivity index (χ0) is 27.0. The zero-order valence-corrected chi connectivity index (χ0v) is 23.7. The van der Waals surface area contributed by atoms with Crippen LogP contribution in [-0.4, -0.2) is 35.6 Å². The minimum absolute atomic E-state index is 0.208. The molecule has 0 aliphatic heterocycles. The number of rotatable bonds is 18. The molecule has 2 aromatic rings. The van der Waals surface area contributed by atoms with E-state index in [-0.39, 0.29) is 12.2 Å². The Kier molecular flexibility index (Phi) is 13.8. The van der Waals surface area contributed by atoms with Crippen LogP contribution in [0.25, 0.3) is 5.57 Å². The summed E-state index contributed by atoms with van der Waals surface area (Å²) in [7, 11) is 0. The molecule has 0 heterocycles. The maximum absolute atomic E-state index is 10.1. The molecule has 0 amide bonds. The van der Waals surface area contributed by atoms with E-state index in [9.17, 15) is 10.2 Å². The van der Waals surface area contributed by atoms with Gasteiger partial charge in [-0.1, -0.05) is 82.0 Å². The Morgan fingerprint density at radius 1 is 0.737 bits per heavy atom. The van der Waals surface area contributed by atoms with Crippen LogP contribution in [-0.2, 0) is 0 Å². The number of hydrogen-bond donors (Lipinski definition) is 2. The molecule has 3 rings (SSSR count). The first-order valence-electron chi connectivity index (χ1n) is 15.1. The van der Waals surface area contributed by atoms with Crippen molar-refractivity contribution in [2.45, 2.75) is 115 Å². The molecule has 1 aliphatic carbocycles. The number of ether oxygens (including phenoxy) is 2. The molecule has 38 heavy (non-hydrogen) atoms. The largest absolute Gasteiger partial charge is 0.493 e. The van der Waals surface area contributed by atoms with Crippen LogP contribution in [0, 0.1) is 0 Å². The maximum atomic E-state index is 10.1. The monoisotopic (exact) mass is 522 g/mol. The van der Waals surface area contributed by atoms with Gasteiger partial charge in [0, 0.05) is 5.56 Å². The van der Waals surface area contributed by atoms with Gasteiger partial charge in [-0.3, -0.25) is 0 Å². The van der Waals surface area contributed by atoms with Gasteiger partial charge >= 0.3 is 0 Å². The average molecular weight is 523 g/mol. The number of aliphatic hydroxyl groups is 2. The first-order chi connectivity index (χ1) is 18.6. The molecule has 0 radical (unpaired) electrons. The highest BCUT2D eigenvalue weighted by Gasteiger charge is 2.21. The summed E-state index contributed by atoms with van der Waals surface area (Å²) in [4.78, 5) is 0. The van der Waals surface area contributed by atoms with Crippen molar-refractivity contribution in [3.05, 3.63) is 65.7 Å². The van der Waals surface area contributed by atoms with Crippen molar-refractivity contribution >= 4 is 5.57 Å². The molecule has 0 bridgehead atoms. The van der Waals surface area contributed by atoms with Gasteiger partial charge in [-0.15, -0.1) is 0 Å². The molecular weight excluding hydrogens is 472 g/mol. The lowest BCUT2D eigenvalue weighted by Crippen LogP contribution is -2.11. The molecule has 0 aromatic heterocycles. The van der Waals surface area contributed by atoms with E-state index < -0.39 is 0 Å². The van der Waals surface area contributed by atoms with Crippen LogP contribution in [0.3, 0.4) is 0 Å². The maximum Gasteiger partial charge on any atom is 0.126 e. The molecular formula is C34H50O4. The third kappa shape index (κ3) is 10.1. The Bertz CT molecular complexity index is 953. The summed E-state index contributed by atoms with van der Waals surface area (Å²) >= 11 is 0. The Morgan fingerprint density at radius 2 is 1.29 bits per heavy atom. The third-order valence-electron chi connectivity index (χ3n) is 7.66. The van der Waals surface area contributed by atoms with Gasteiger partial charge < -0.3 is 19.7 Å². The molecule has 0 saturated heterocycles. The summed E-state index contributed by atoms with van der Waals surface area (Å²) in [5, 5.41) is 20.2. The van der Waals surface area contributed by atoms with Crippen molar-refractivity contribution in [1.29, 1.82) is 0 Å². The molecule has 210 valence electrons. The van der Waals surface area contributed by atoms with Crippen molar-refractivity contribution < 1.29 is 19.7 Å². The quantitative estimate of drug-likeness (QED) is 0.193. The van der Waals surface area contributed by atoms with Gasteiger partial charge in [-0.25, -0.2) is 0 Å². The smallest absolute Gasteiger partial charge is 0.126 e. The zero-order valence-electron chi connectivity index (χ0n) is 23.7. The van der Waals surface area contributed by atoms with Crippen LogP contribution in [0.15, 0.2) is 54.6 Å². The lowest BCUT2D eigenvalue weighted by Gasteiger charge is -2.25. The lowest BCUT2D eigenvalue weighted by atomic mass is 9.82. The molecule has 4 nitrogen and oxygen atoms in total. The van der Waals surface area contributed by atoms with Crippen molar-refractivity contribution in [2.24, 2.45) is 0 Å². The molecule has 0 spiro atoms. The van der Waals surface area contributed by atoms with Crippen LogP contribution in [0.1, 0.15) is 114 Å². The lowest BCUT2D eigenvalue weighted by molar-refractivity contribution is 0.140. The number of benzene rings is 2. The molecule has 0 fully saturated rings. The number of para-hydroxylation sites is 2. The first-order valence-corrected chi connectivity index (χ1v) is 15.1. The fraction of sp³-hybridized carbons (Fsp3) is 0.588. The molecule has 3 unspecified atom stereocenters. The molecule has 3 atom stereocenters. The second kappa shape index (κ2) is 17.3. The van der Waals surface area contributed by atoms with Crippen LogP contribution in [0.4, 0.5) is 0 Å². The van der Waals surface area contributed by atoms with E-state index in [4.69, 9.17) is 9.47 Å². The van der Waals surface area contributed by atoms with Gasteiger partial charge in [-0.2, -0.15) is 0 Å². The van der Waals surface area contributed by atoms with E-state index in [1.165, 1.54) is 16.7 Å². The summed E-state index contributed by atoms with van der Waals surface area (Å²) in [6.45, 7) is 5.60. The Balaban J connectivity index is 1.52. The van der Waals surface area contributed by atoms with Gasteiger partial charge in [-0.05, 0) is 87.0 Å². The molecule has 0 saturated carbocycles. The Morgan fingerprint density at radius 3 is 1.89 bits per heavy atom. The number of allylic oxidation sites excluding steroid dienone is 2. The number of unbranched alkanes of at least 4 members (excludes halogenated alkanes) is 2. The summed E-state index contributed by atoms with van der Waals surface area (Å²) in [5.74, 6) is 2.38. The van der Waals surface area contributed by atoms with Gasteiger partial charge in [0.2, 0.25) is 0 Å².